The van der Waals surface area contributed by atoms with Gasteiger partial charge in [-0.15, -0.1) is 0 Å². The second kappa shape index (κ2) is 6.24. The Balaban J connectivity index is 2.02. The van der Waals surface area contributed by atoms with Crippen molar-refractivity contribution in [3.8, 4) is 5.75 Å². The summed E-state index contributed by atoms with van der Waals surface area (Å²) < 4.78 is 5.33. The summed E-state index contributed by atoms with van der Waals surface area (Å²) in [5, 5.41) is 15.9. The van der Waals surface area contributed by atoms with E-state index >= 15 is 0 Å². The van der Waals surface area contributed by atoms with Crippen molar-refractivity contribution in [3.05, 3.63) is 23.8 Å². The molecule has 0 spiro atoms. The first kappa shape index (κ1) is 14.8. The minimum atomic E-state index is -0.363. The highest BCUT2D eigenvalue weighted by Gasteiger charge is 2.18. The van der Waals surface area contributed by atoms with Gasteiger partial charge >= 0.3 is 0 Å². The van der Waals surface area contributed by atoms with Crippen molar-refractivity contribution in [2.45, 2.75) is 32.9 Å². The minimum absolute atomic E-state index is 0.0702. The van der Waals surface area contributed by atoms with Crippen molar-refractivity contribution < 1.29 is 14.6 Å². The lowest BCUT2D eigenvalue weighted by molar-refractivity contribution is -0.118. The first-order chi connectivity index (χ1) is 9.47. The Hall–Kier alpha value is -1.59. The molecule has 110 valence electrons. The molecule has 1 heterocycles. The molecule has 1 aromatic rings. The van der Waals surface area contributed by atoms with Crippen LogP contribution in [0.5, 0.6) is 5.75 Å². The number of benzene rings is 1. The zero-order chi connectivity index (χ0) is 14.7. The fraction of sp³-hybridized carbons (Fsp3) is 0.533. The number of rotatable bonds is 5. The van der Waals surface area contributed by atoms with Crippen LogP contribution in [0.1, 0.15) is 32.4 Å². The van der Waals surface area contributed by atoms with Crippen molar-refractivity contribution in [2.24, 2.45) is 5.92 Å². The van der Waals surface area contributed by atoms with E-state index in [1.54, 1.807) is 0 Å². The summed E-state index contributed by atoms with van der Waals surface area (Å²) in [5.74, 6) is 0.791. The smallest absolute Gasteiger partial charge is 0.262 e. The fourth-order valence-electron chi connectivity index (χ4n) is 2.02. The number of anilines is 1. The molecule has 20 heavy (non-hydrogen) atoms. The molecule has 0 radical (unpaired) electrons. The van der Waals surface area contributed by atoms with Crippen LogP contribution < -0.4 is 15.4 Å². The second-order valence-corrected chi connectivity index (χ2v) is 5.53. The van der Waals surface area contributed by atoms with Gasteiger partial charge in [0.2, 0.25) is 0 Å². The molecule has 0 aliphatic carbocycles. The maximum absolute atomic E-state index is 11.3. The van der Waals surface area contributed by atoms with E-state index in [1.165, 1.54) is 0 Å². The first-order valence-corrected chi connectivity index (χ1v) is 6.95. The van der Waals surface area contributed by atoms with Gasteiger partial charge in [-0.2, -0.15) is 0 Å². The van der Waals surface area contributed by atoms with Gasteiger partial charge in [0.1, 0.15) is 5.75 Å². The van der Waals surface area contributed by atoms with Crippen LogP contribution in [0.2, 0.25) is 0 Å². The summed E-state index contributed by atoms with van der Waals surface area (Å²) in [5.41, 5.74) is 1.75. The van der Waals surface area contributed by atoms with Gasteiger partial charge in [-0.1, -0.05) is 19.9 Å². The zero-order valence-corrected chi connectivity index (χ0v) is 12.1. The largest absolute Gasteiger partial charge is 0.482 e. The summed E-state index contributed by atoms with van der Waals surface area (Å²) in [6, 6.07) is 5.83. The number of carbonyl (C=O) groups excluding carboxylic acids is 1. The van der Waals surface area contributed by atoms with Crippen LogP contribution in [-0.4, -0.2) is 30.3 Å². The molecule has 0 fully saturated rings. The SMILES string of the molecule is CC(NCC(O)C(C)C)c1ccc2c(c1)NC(=O)CO2. The van der Waals surface area contributed by atoms with Crippen molar-refractivity contribution in [3.63, 3.8) is 0 Å². The Kier molecular flexibility index (Phi) is 4.62. The minimum Gasteiger partial charge on any atom is -0.482 e. The van der Waals surface area contributed by atoms with Gasteiger partial charge in [-0.25, -0.2) is 0 Å². The van der Waals surface area contributed by atoms with Gasteiger partial charge in [0.25, 0.3) is 5.91 Å². The summed E-state index contributed by atoms with van der Waals surface area (Å²) in [4.78, 5) is 11.3. The first-order valence-electron chi connectivity index (χ1n) is 6.95. The monoisotopic (exact) mass is 278 g/mol. The molecule has 5 nitrogen and oxygen atoms in total. The average molecular weight is 278 g/mol. The lowest BCUT2D eigenvalue weighted by atomic mass is 10.0. The topological polar surface area (TPSA) is 70.6 Å². The number of nitrogens with one attached hydrogen (secondary N) is 2. The molecule has 0 saturated heterocycles. The zero-order valence-electron chi connectivity index (χ0n) is 12.1. The maximum atomic E-state index is 11.3. The normalized spacial score (nSPS) is 17.1. The molecule has 2 rings (SSSR count). The van der Waals surface area contributed by atoms with Crippen LogP contribution in [0, 0.1) is 5.92 Å². The summed E-state index contributed by atoms with van der Waals surface area (Å²) in [6.07, 6.45) is -0.363. The standard InChI is InChI=1S/C15H22N2O3/c1-9(2)13(18)7-16-10(3)11-4-5-14-12(6-11)17-15(19)8-20-14/h4-6,9-10,13,16,18H,7-8H2,1-3H3,(H,17,19). The van der Waals surface area contributed by atoms with E-state index in [1.807, 2.05) is 39.0 Å². The highest BCUT2D eigenvalue weighted by atomic mass is 16.5. The summed E-state index contributed by atoms with van der Waals surface area (Å²) in [7, 11) is 0. The van der Waals surface area contributed by atoms with E-state index in [0.717, 1.165) is 5.56 Å². The van der Waals surface area contributed by atoms with E-state index in [4.69, 9.17) is 4.74 Å². The quantitative estimate of drug-likeness (QED) is 0.766. The number of amides is 1. The van der Waals surface area contributed by atoms with Gasteiger partial charge in [0.15, 0.2) is 6.61 Å². The van der Waals surface area contributed by atoms with Gasteiger partial charge < -0.3 is 20.5 Å². The summed E-state index contributed by atoms with van der Waals surface area (Å²) in [6.45, 7) is 6.62. The van der Waals surface area contributed by atoms with Gasteiger partial charge in [0.05, 0.1) is 11.8 Å². The summed E-state index contributed by atoms with van der Waals surface area (Å²) >= 11 is 0. The van der Waals surface area contributed by atoms with Crippen molar-refractivity contribution in [1.82, 2.24) is 5.32 Å². The molecule has 2 unspecified atom stereocenters. The molecule has 0 aromatic heterocycles. The number of aliphatic hydroxyl groups is 1. The van der Waals surface area contributed by atoms with Crippen LogP contribution in [0.4, 0.5) is 5.69 Å². The maximum Gasteiger partial charge on any atom is 0.262 e. The molecule has 0 saturated carbocycles. The predicted molar refractivity (Wildman–Crippen MR) is 77.8 cm³/mol. The van der Waals surface area contributed by atoms with Crippen molar-refractivity contribution >= 4 is 11.6 Å². The lowest BCUT2D eigenvalue weighted by Crippen LogP contribution is -2.32. The van der Waals surface area contributed by atoms with E-state index in [2.05, 4.69) is 10.6 Å². The molecule has 0 bridgehead atoms. The molecule has 2 atom stereocenters. The number of aliphatic hydroxyl groups excluding tert-OH is 1. The Labute approximate surface area is 119 Å². The third kappa shape index (κ3) is 3.49. The predicted octanol–water partition coefficient (Wildman–Crippen LogP) is 1.69. The Morgan fingerprint density at radius 2 is 2.15 bits per heavy atom. The van der Waals surface area contributed by atoms with Crippen molar-refractivity contribution in [1.29, 1.82) is 0 Å². The third-order valence-corrected chi connectivity index (χ3v) is 3.54. The average Bonchev–Trinajstić information content (AvgIpc) is 2.43. The number of hydrogen-bond donors (Lipinski definition) is 3. The number of hydrogen-bond acceptors (Lipinski definition) is 4. The van der Waals surface area contributed by atoms with Gasteiger partial charge in [-0.05, 0) is 30.5 Å². The molecule has 3 N–H and O–H groups in total. The fourth-order valence-corrected chi connectivity index (χ4v) is 2.02. The molecule has 1 aliphatic heterocycles. The van der Waals surface area contributed by atoms with Gasteiger partial charge in [0, 0.05) is 12.6 Å². The van der Waals surface area contributed by atoms with Gasteiger partial charge in [-0.3, -0.25) is 4.79 Å². The molecule has 1 amide bonds. The number of fused-ring (bicyclic) bond motifs is 1. The second-order valence-electron chi connectivity index (χ2n) is 5.53. The van der Waals surface area contributed by atoms with E-state index in [0.29, 0.717) is 18.0 Å². The van der Waals surface area contributed by atoms with E-state index in [-0.39, 0.29) is 30.6 Å². The Bertz CT molecular complexity index is 488. The van der Waals surface area contributed by atoms with E-state index < -0.39 is 0 Å². The molecule has 1 aliphatic rings. The lowest BCUT2D eigenvalue weighted by Gasteiger charge is -2.22. The Morgan fingerprint density at radius 3 is 2.85 bits per heavy atom. The molecule has 5 heteroatoms. The number of carbonyl (C=O) groups is 1. The highest BCUT2D eigenvalue weighted by Crippen LogP contribution is 2.30. The Morgan fingerprint density at radius 1 is 1.40 bits per heavy atom. The highest BCUT2D eigenvalue weighted by molar-refractivity contribution is 5.95. The molecule has 1 aromatic carbocycles. The number of ether oxygens (including phenoxy) is 1. The third-order valence-electron chi connectivity index (χ3n) is 3.54. The van der Waals surface area contributed by atoms with Crippen LogP contribution in [0.3, 0.4) is 0 Å². The van der Waals surface area contributed by atoms with Crippen LogP contribution in [0.15, 0.2) is 18.2 Å². The van der Waals surface area contributed by atoms with Crippen LogP contribution in [0.25, 0.3) is 0 Å². The van der Waals surface area contributed by atoms with Crippen LogP contribution in [-0.2, 0) is 4.79 Å². The van der Waals surface area contributed by atoms with Crippen LogP contribution >= 0.6 is 0 Å². The molecular weight excluding hydrogens is 256 g/mol. The van der Waals surface area contributed by atoms with Crippen molar-refractivity contribution in [2.75, 3.05) is 18.5 Å². The van der Waals surface area contributed by atoms with E-state index in [9.17, 15) is 9.90 Å². The molecular formula is C15H22N2O3.